The van der Waals surface area contributed by atoms with Gasteiger partial charge in [0.2, 0.25) is 0 Å². The second kappa shape index (κ2) is 9.03. The van der Waals surface area contributed by atoms with Crippen LogP contribution in [0.5, 0.6) is 0 Å². The Morgan fingerprint density at radius 1 is 1.38 bits per heavy atom. The average Bonchev–Trinajstić information content (AvgIpc) is 2.51. The Hall–Kier alpha value is -2.00. The summed E-state index contributed by atoms with van der Waals surface area (Å²) in [5.74, 6) is -0.207. The molecule has 1 amide bonds. The Morgan fingerprint density at radius 2 is 2.05 bits per heavy atom. The molecule has 0 radical (unpaired) electrons. The third-order valence-corrected chi connectivity index (χ3v) is 3.36. The van der Waals surface area contributed by atoms with Gasteiger partial charge < -0.3 is 10.1 Å². The van der Waals surface area contributed by atoms with Crippen molar-refractivity contribution >= 4 is 23.6 Å². The standard InChI is InChI=1S/C15H18N2O3S/c1-11(10-16)20-15(19)13(8-9-21-2)17-14(18)12-6-4-3-5-7-12/h3-7,11,13H,8-9H2,1-2H3,(H,17,18)/t11-,13-/m0/s1. The highest BCUT2D eigenvalue weighted by molar-refractivity contribution is 7.98. The average molecular weight is 306 g/mol. The summed E-state index contributed by atoms with van der Waals surface area (Å²) in [7, 11) is 0. The van der Waals surface area contributed by atoms with Gasteiger partial charge in [0.15, 0.2) is 6.10 Å². The first-order valence-electron chi connectivity index (χ1n) is 6.53. The Morgan fingerprint density at radius 3 is 2.62 bits per heavy atom. The molecule has 1 rings (SSSR count). The SMILES string of the molecule is CSCC[C@H](NC(=O)c1ccccc1)C(=O)O[C@@H](C)C#N. The monoisotopic (exact) mass is 306 g/mol. The molecule has 2 atom stereocenters. The highest BCUT2D eigenvalue weighted by Crippen LogP contribution is 2.06. The molecular weight excluding hydrogens is 288 g/mol. The highest BCUT2D eigenvalue weighted by Gasteiger charge is 2.24. The molecule has 0 bridgehead atoms. The van der Waals surface area contributed by atoms with Gasteiger partial charge in [0, 0.05) is 5.56 Å². The number of hydrogen-bond acceptors (Lipinski definition) is 5. The fourth-order valence-electron chi connectivity index (χ4n) is 1.60. The van der Waals surface area contributed by atoms with Crippen LogP contribution < -0.4 is 5.32 Å². The molecule has 0 saturated carbocycles. The van der Waals surface area contributed by atoms with Crippen molar-refractivity contribution in [3.05, 3.63) is 35.9 Å². The van der Waals surface area contributed by atoms with Gasteiger partial charge in [-0.05, 0) is 37.5 Å². The number of carbonyl (C=O) groups is 2. The molecule has 112 valence electrons. The fourth-order valence-corrected chi connectivity index (χ4v) is 2.07. The lowest BCUT2D eigenvalue weighted by Gasteiger charge is -2.18. The van der Waals surface area contributed by atoms with Gasteiger partial charge in [-0.3, -0.25) is 4.79 Å². The van der Waals surface area contributed by atoms with Gasteiger partial charge in [0.05, 0.1) is 0 Å². The molecule has 5 nitrogen and oxygen atoms in total. The molecule has 21 heavy (non-hydrogen) atoms. The topological polar surface area (TPSA) is 79.2 Å². The Labute approximate surface area is 128 Å². The smallest absolute Gasteiger partial charge is 0.329 e. The number of hydrogen-bond donors (Lipinski definition) is 1. The third kappa shape index (κ3) is 5.88. The van der Waals surface area contributed by atoms with E-state index in [1.54, 1.807) is 36.0 Å². The van der Waals surface area contributed by atoms with E-state index in [1.807, 2.05) is 18.4 Å². The van der Waals surface area contributed by atoms with Crippen LogP contribution in [0.2, 0.25) is 0 Å². The van der Waals surface area contributed by atoms with Gasteiger partial charge in [-0.1, -0.05) is 18.2 Å². The van der Waals surface area contributed by atoms with Crippen molar-refractivity contribution < 1.29 is 14.3 Å². The van der Waals surface area contributed by atoms with E-state index < -0.39 is 18.1 Å². The van der Waals surface area contributed by atoms with Crippen molar-refractivity contribution in [2.45, 2.75) is 25.5 Å². The highest BCUT2D eigenvalue weighted by atomic mass is 32.2. The first kappa shape index (κ1) is 17.1. The number of rotatable bonds is 7. The number of benzene rings is 1. The minimum absolute atomic E-state index is 0.330. The molecule has 1 aromatic carbocycles. The number of nitrogens with zero attached hydrogens (tertiary/aromatic N) is 1. The molecule has 0 spiro atoms. The zero-order valence-electron chi connectivity index (χ0n) is 12.0. The first-order valence-corrected chi connectivity index (χ1v) is 7.92. The van der Waals surface area contributed by atoms with Gasteiger partial charge in [0.1, 0.15) is 12.1 Å². The molecule has 0 aromatic heterocycles. The maximum atomic E-state index is 12.1. The number of carbonyl (C=O) groups excluding carboxylic acids is 2. The van der Waals surface area contributed by atoms with Crippen LogP contribution >= 0.6 is 11.8 Å². The van der Waals surface area contributed by atoms with E-state index in [1.165, 1.54) is 6.92 Å². The van der Waals surface area contributed by atoms with Crippen LogP contribution in [0.4, 0.5) is 0 Å². The molecule has 1 aromatic rings. The van der Waals surface area contributed by atoms with Crippen LogP contribution in [0.15, 0.2) is 30.3 Å². The van der Waals surface area contributed by atoms with Crippen LogP contribution in [-0.4, -0.2) is 36.0 Å². The Balaban J connectivity index is 2.71. The molecule has 1 N–H and O–H groups in total. The zero-order chi connectivity index (χ0) is 15.7. The van der Waals surface area contributed by atoms with Gasteiger partial charge in [0.25, 0.3) is 5.91 Å². The van der Waals surface area contributed by atoms with Crippen molar-refractivity contribution in [3.63, 3.8) is 0 Å². The molecule has 0 unspecified atom stereocenters. The van der Waals surface area contributed by atoms with Crippen molar-refractivity contribution in [1.29, 1.82) is 5.26 Å². The quantitative estimate of drug-likeness (QED) is 0.779. The maximum Gasteiger partial charge on any atom is 0.329 e. The van der Waals surface area contributed by atoms with E-state index in [4.69, 9.17) is 10.00 Å². The normalized spacial score (nSPS) is 12.8. The summed E-state index contributed by atoms with van der Waals surface area (Å²) in [4.78, 5) is 24.1. The van der Waals surface area contributed by atoms with E-state index in [2.05, 4.69) is 5.32 Å². The minimum Gasteiger partial charge on any atom is -0.446 e. The summed E-state index contributed by atoms with van der Waals surface area (Å²) in [6, 6.07) is 9.74. The van der Waals surface area contributed by atoms with E-state index in [0.717, 1.165) is 0 Å². The summed E-state index contributed by atoms with van der Waals surface area (Å²) >= 11 is 1.57. The maximum absolute atomic E-state index is 12.1. The number of ether oxygens (including phenoxy) is 1. The van der Waals surface area contributed by atoms with Gasteiger partial charge in [-0.15, -0.1) is 0 Å². The molecule has 0 saturated heterocycles. The second-order valence-electron chi connectivity index (χ2n) is 4.38. The van der Waals surface area contributed by atoms with Crippen molar-refractivity contribution in [2.24, 2.45) is 0 Å². The Kier molecular flexibility index (Phi) is 7.33. The van der Waals surface area contributed by atoms with Gasteiger partial charge >= 0.3 is 5.97 Å². The Bertz CT molecular complexity index is 513. The summed E-state index contributed by atoms with van der Waals surface area (Å²) in [6.07, 6.45) is 1.54. The van der Waals surface area contributed by atoms with E-state index in [0.29, 0.717) is 17.7 Å². The van der Waals surface area contributed by atoms with E-state index in [-0.39, 0.29) is 5.91 Å². The lowest BCUT2D eigenvalue weighted by Crippen LogP contribution is -2.43. The summed E-state index contributed by atoms with van der Waals surface area (Å²) in [5, 5.41) is 11.3. The van der Waals surface area contributed by atoms with Crippen molar-refractivity contribution in [1.82, 2.24) is 5.32 Å². The predicted molar refractivity (Wildman–Crippen MR) is 81.9 cm³/mol. The van der Waals surface area contributed by atoms with Gasteiger partial charge in [-0.25, -0.2) is 4.79 Å². The molecule has 0 aliphatic carbocycles. The van der Waals surface area contributed by atoms with Crippen LogP contribution in [0.1, 0.15) is 23.7 Å². The van der Waals surface area contributed by atoms with E-state index in [9.17, 15) is 9.59 Å². The predicted octanol–water partition coefficient (Wildman–Crippen LogP) is 1.99. The number of amides is 1. The van der Waals surface area contributed by atoms with Crippen LogP contribution in [0.3, 0.4) is 0 Å². The van der Waals surface area contributed by atoms with Crippen molar-refractivity contribution in [3.8, 4) is 6.07 Å². The molecule has 0 heterocycles. The molecule has 0 aliphatic heterocycles. The lowest BCUT2D eigenvalue weighted by molar-refractivity contribution is -0.148. The molecule has 0 aliphatic rings. The van der Waals surface area contributed by atoms with Gasteiger partial charge in [-0.2, -0.15) is 17.0 Å². The molecular formula is C15H18N2O3S. The summed E-state index contributed by atoms with van der Waals surface area (Å²) in [5.41, 5.74) is 0.479. The summed E-state index contributed by atoms with van der Waals surface area (Å²) < 4.78 is 4.97. The zero-order valence-corrected chi connectivity index (χ0v) is 12.9. The van der Waals surface area contributed by atoms with Crippen LogP contribution in [0.25, 0.3) is 0 Å². The second-order valence-corrected chi connectivity index (χ2v) is 5.37. The van der Waals surface area contributed by atoms with Crippen LogP contribution in [-0.2, 0) is 9.53 Å². The number of thioether (sulfide) groups is 1. The largest absolute Gasteiger partial charge is 0.446 e. The summed E-state index contributed by atoms with van der Waals surface area (Å²) in [6.45, 7) is 1.49. The van der Waals surface area contributed by atoms with Crippen LogP contribution in [0, 0.1) is 11.3 Å². The minimum atomic E-state index is -0.831. The first-order chi connectivity index (χ1) is 10.1. The number of nitrogens with one attached hydrogen (secondary N) is 1. The van der Waals surface area contributed by atoms with E-state index >= 15 is 0 Å². The third-order valence-electron chi connectivity index (χ3n) is 2.71. The molecule has 6 heteroatoms. The fraction of sp³-hybridized carbons (Fsp3) is 0.400. The lowest BCUT2D eigenvalue weighted by atomic mass is 10.1. The number of nitriles is 1. The molecule has 0 fully saturated rings. The van der Waals surface area contributed by atoms with Crippen molar-refractivity contribution in [2.75, 3.05) is 12.0 Å². The number of esters is 1.